The Kier molecular flexibility index (Phi) is 4.20. The highest BCUT2D eigenvalue weighted by molar-refractivity contribution is 5.99. The highest BCUT2D eigenvalue weighted by Gasteiger charge is 2.16. The normalized spacial score (nSPS) is 15.2. The van der Waals surface area contributed by atoms with Crippen molar-refractivity contribution >= 4 is 38.6 Å². The summed E-state index contributed by atoms with van der Waals surface area (Å²) in [5.41, 5.74) is 0.470. The minimum absolute atomic E-state index is 0.0222. The zero-order chi connectivity index (χ0) is 41.3. The smallest absolute Gasteiger partial charge is 0.0651 e. The zero-order valence-corrected chi connectivity index (χ0v) is 23.8. The molecule has 212 valence electrons. The van der Waals surface area contributed by atoms with Crippen LogP contribution in [0.15, 0.2) is 188 Å². The first kappa shape index (κ1) is 16.2. The Morgan fingerprint density at radius 1 is 0.378 bits per heavy atom. The Hall–Kier alpha value is -5.92. The molecule has 8 rings (SSSR count). The van der Waals surface area contributed by atoms with Crippen molar-refractivity contribution < 1.29 is 17.8 Å². The van der Waals surface area contributed by atoms with Crippen molar-refractivity contribution in [2.45, 2.75) is 0 Å². The van der Waals surface area contributed by atoms with Crippen LogP contribution in [0, 0.1) is 0 Å². The van der Waals surface area contributed by atoms with E-state index in [1.165, 1.54) is 4.90 Å². The van der Waals surface area contributed by atoms with E-state index < -0.39 is 83.3 Å². The Morgan fingerprint density at radius 3 is 1.67 bits per heavy atom. The third-order valence-corrected chi connectivity index (χ3v) is 7.68. The maximum Gasteiger partial charge on any atom is 0.0651 e. The lowest BCUT2D eigenvalue weighted by Gasteiger charge is -2.27. The van der Waals surface area contributed by atoms with Gasteiger partial charge in [-0.1, -0.05) is 151 Å². The van der Waals surface area contributed by atoms with Gasteiger partial charge in [-0.25, -0.2) is 0 Å². The first-order chi connectivity index (χ1) is 27.7. The van der Waals surface area contributed by atoms with Gasteiger partial charge in [-0.05, 0) is 91.2 Å². The van der Waals surface area contributed by atoms with Crippen LogP contribution in [0.4, 0.5) is 17.1 Å². The zero-order valence-electron chi connectivity index (χ0n) is 36.8. The Morgan fingerprint density at radius 2 is 0.956 bits per heavy atom. The summed E-state index contributed by atoms with van der Waals surface area (Å²) < 4.78 is 116. The molecule has 0 spiro atoms. The van der Waals surface area contributed by atoms with Gasteiger partial charge in [-0.15, -0.1) is 0 Å². The van der Waals surface area contributed by atoms with Gasteiger partial charge in [0.05, 0.1) is 17.8 Å². The molecule has 0 aliphatic rings. The number of nitrogens with zero attached hydrogens (tertiary/aromatic N) is 1. The van der Waals surface area contributed by atoms with Gasteiger partial charge in [0.15, 0.2) is 0 Å². The van der Waals surface area contributed by atoms with Crippen LogP contribution in [-0.2, 0) is 0 Å². The van der Waals surface area contributed by atoms with Crippen LogP contribution >= 0.6 is 0 Å². The minimum atomic E-state index is -0.722. The number of fused-ring (bicyclic) bond motifs is 2. The molecule has 1 heteroatoms. The molecule has 0 fully saturated rings. The van der Waals surface area contributed by atoms with Crippen LogP contribution in [0.5, 0.6) is 0 Å². The van der Waals surface area contributed by atoms with Gasteiger partial charge in [0, 0.05) is 17.1 Å². The average molecular weight is 587 g/mol. The third-order valence-electron chi connectivity index (χ3n) is 7.68. The first-order valence-electron chi connectivity index (χ1n) is 20.9. The largest absolute Gasteiger partial charge is 0.310 e. The molecule has 0 atom stereocenters. The van der Waals surface area contributed by atoms with Crippen LogP contribution in [0.2, 0.25) is 0 Å². The molecular weight excluding hydrogens is 542 g/mol. The molecule has 0 radical (unpaired) electrons. The lowest BCUT2D eigenvalue weighted by molar-refractivity contribution is 1.28. The summed E-state index contributed by atoms with van der Waals surface area (Å²) in [4.78, 5) is 1.23. The fourth-order valence-electron chi connectivity index (χ4n) is 5.60. The van der Waals surface area contributed by atoms with Crippen LogP contribution in [0.25, 0.3) is 54.9 Å². The van der Waals surface area contributed by atoms with E-state index in [1.807, 2.05) is 78.9 Å². The van der Waals surface area contributed by atoms with Crippen molar-refractivity contribution in [3.63, 3.8) is 0 Å². The maximum absolute atomic E-state index is 9.75. The highest BCUT2D eigenvalue weighted by atomic mass is 15.1. The lowest BCUT2D eigenvalue weighted by Crippen LogP contribution is -2.10. The van der Waals surface area contributed by atoms with E-state index in [2.05, 4.69) is 0 Å². The number of hydrogen-bond acceptors (Lipinski definition) is 1. The SMILES string of the molecule is [2H]c1c([2H])c([2H])c(-c2c([2H])c([2H])c(N(c3cccc(-c4cccc5ccccc45)c3)c3c([2H])c([2H])c([2H])c(-c4cccc5ccccc45)c3[2H])c([2H])c2[2H])c([2H])c1[2H]. The van der Waals surface area contributed by atoms with Crippen LogP contribution in [0.1, 0.15) is 17.8 Å². The van der Waals surface area contributed by atoms with E-state index in [0.29, 0.717) is 16.5 Å². The summed E-state index contributed by atoms with van der Waals surface area (Å²) >= 11 is 0. The molecule has 0 aromatic heterocycles. The van der Waals surface area contributed by atoms with Gasteiger partial charge in [0.25, 0.3) is 0 Å². The molecule has 0 aliphatic carbocycles. The summed E-state index contributed by atoms with van der Waals surface area (Å²) in [7, 11) is 0. The number of hydrogen-bond donors (Lipinski definition) is 0. The van der Waals surface area contributed by atoms with E-state index in [0.717, 1.165) is 21.7 Å². The summed E-state index contributed by atoms with van der Waals surface area (Å²) in [6.07, 6.45) is 0. The predicted octanol–water partition coefficient (Wildman–Crippen LogP) is 12.5. The van der Waals surface area contributed by atoms with E-state index >= 15 is 0 Å². The van der Waals surface area contributed by atoms with E-state index in [-0.39, 0.29) is 29.0 Å². The van der Waals surface area contributed by atoms with Gasteiger partial charge in [-0.3, -0.25) is 0 Å². The second-order valence-corrected chi connectivity index (χ2v) is 10.4. The molecule has 8 aromatic rings. The Bertz CT molecular complexity index is 2950. The fraction of sp³-hybridized carbons (Fsp3) is 0. The first-order valence-corrected chi connectivity index (χ1v) is 14.4. The van der Waals surface area contributed by atoms with E-state index in [9.17, 15) is 8.22 Å². The molecule has 0 amide bonds. The molecule has 1 nitrogen and oxygen atoms in total. The molecular formula is C44H31N. The van der Waals surface area contributed by atoms with Crippen molar-refractivity contribution in [3.8, 4) is 33.4 Å². The molecule has 0 unspecified atom stereocenters. The van der Waals surface area contributed by atoms with Crippen molar-refractivity contribution in [1.29, 1.82) is 0 Å². The molecule has 0 saturated heterocycles. The van der Waals surface area contributed by atoms with Crippen molar-refractivity contribution in [2.24, 2.45) is 0 Å². The van der Waals surface area contributed by atoms with Gasteiger partial charge in [0.2, 0.25) is 0 Å². The van der Waals surface area contributed by atoms with Gasteiger partial charge in [-0.2, -0.15) is 0 Å². The summed E-state index contributed by atoms with van der Waals surface area (Å²) in [6, 6.07) is 25.1. The van der Waals surface area contributed by atoms with Crippen LogP contribution < -0.4 is 4.90 Å². The molecule has 8 aromatic carbocycles. The van der Waals surface area contributed by atoms with Gasteiger partial charge >= 0.3 is 0 Å². The molecule has 0 heterocycles. The van der Waals surface area contributed by atoms with E-state index in [1.54, 1.807) is 30.3 Å². The molecule has 0 N–H and O–H groups in total. The number of rotatable bonds is 6. The summed E-state index contributed by atoms with van der Waals surface area (Å²) in [5.74, 6) is 0. The molecule has 0 aliphatic heterocycles. The molecule has 0 bridgehead atoms. The number of anilines is 3. The number of benzene rings is 8. The average Bonchev–Trinajstić information content (AvgIpc) is 3.24. The van der Waals surface area contributed by atoms with Crippen LogP contribution in [-0.4, -0.2) is 0 Å². The quantitative estimate of drug-likeness (QED) is 0.187. The second kappa shape index (κ2) is 11.6. The summed E-state index contributed by atoms with van der Waals surface area (Å²) in [6.45, 7) is 0. The van der Waals surface area contributed by atoms with Crippen molar-refractivity contribution in [2.75, 3.05) is 4.90 Å². The lowest BCUT2D eigenvalue weighted by atomic mass is 9.97. The standard InChI is InChI=1S/C44H31N/c1-2-12-32(13-3-1)33-26-28-38(29-27-33)45(39-20-8-18-36(30-39)43-24-10-16-34-14-4-6-22-41(34)43)40-21-9-19-37(31-40)44-25-11-17-35-15-5-7-23-42(35)44/h1-31H/i1D,2D,3D,8D,12D,13D,18D,20D,26D,27D,28D,29D,30D. The third kappa shape index (κ3) is 5.15. The van der Waals surface area contributed by atoms with Crippen molar-refractivity contribution in [3.05, 3.63) is 188 Å². The second-order valence-electron chi connectivity index (χ2n) is 10.4. The van der Waals surface area contributed by atoms with Gasteiger partial charge < -0.3 is 4.90 Å². The van der Waals surface area contributed by atoms with Gasteiger partial charge in [0.1, 0.15) is 0 Å². The molecule has 0 saturated carbocycles. The van der Waals surface area contributed by atoms with E-state index in [4.69, 9.17) is 9.60 Å². The Balaban J connectivity index is 1.48. The van der Waals surface area contributed by atoms with Crippen LogP contribution in [0.3, 0.4) is 0 Å². The topological polar surface area (TPSA) is 3.24 Å². The maximum atomic E-state index is 9.75. The highest BCUT2D eigenvalue weighted by Crippen LogP contribution is 2.40. The summed E-state index contributed by atoms with van der Waals surface area (Å²) in [5, 5.41) is 3.39. The monoisotopic (exact) mass is 586 g/mol. The Labute approximate surface area is 282 Å². The minimum Gasteiger partial charge on any atom is -0.310 e. The van der Waals surface area contributed by atoms with Crippen molar-refractivity contribution in [1.82, 2.24) is 0 Å². The fourth-order valence-corrected chi connectivity index (χ4v) is 5.60. The molecule has 45 heavy (non-hydrogen) atoms. The predicted molar refractivity (Wildman–Crippen MR) is 192 cm³/mol.